The third-order valence-electron chi connectivity index (χ3n) is 2.92. The number of hydrogen-bond donors (Lipinski definition) is 1. The minimum absolute atomic E-state index is 0.0187. The van der Waals surface area contributed by atoms with Gasteiger partial charge in [0.1, 0.15) is 0 Å². The summed E-state index contributed by atoms with van der Waals surface area (Å²) in [5.41, 5.74) is 0.871. The highest BCUT2D eigenvalue weighted by atomic mass is 35.5. The molecule has 0 bridgehead atoms. The number of nitrogens with one attached hydrogen (secondary N) is 1. The highest BCUT2D eigenvalue weighted by Crippen LogP contribution is 2.35. The second kappa shape index (κ2) is 7.64. The lowest BCUT2D eigenvalue weighted by Crippen LogP contribution is -2.14. The van der Waals surface area contributed by atoms with Crippen LogP contribution in [0.2, 0.25) is 10.0 Å². The van der Waals surface area contributed by atoms with E-state index >= 15 is 0 Å². The van der Waals surface area contributed by atoms with Gasteiger partial charge < -0.3 is 10.1 Å². The Morgan fingerprint density at radius 1 is 1.10 bits per heavy atom. The van der Waals surface area contributed by atoms with Crippen molar-refractivity contribution in [1.82, 2.24) is 5.32 Å². The van der Waals surface area contributed by atoms with E-state index in [1.54, 1.807) is 12.1 Å². The first kappa shape index (κ1) is 16.1. The van der Waals surface area contributed by atoms with E-state index in [0.29, 0.717) is 17.3 Å². The molecule has 0 atom stereocenters. The zero-order chi connectivity index (χ0) is 15.2. The molecule has 0 amide bonds. The maximum absolute atomic E-state index is 13.9. The second-order valence-electron chi connectivity index (χ2n) is 4.56. The van der Waals surface area contributed by atoms with Crippen LogP contribution in [0.1, 0.15) is 18.9 Å². The van der Waals surface area contributed by atoms with E-state index in [0.717, 1.165) is 18.5 Å². The van der Waals surface area contributed by atoms with Crippen molar-refractivity contribution < 1.29 is 9.13 Å². The van der Waals surface area contributed by atoms with Gasteiger partial charge in [0.2, 0.25) is 0 Å². The van der Waals surface area contributed by atoms with Gasteiger partial charge in [-0.05, 0) is 31.2 Å². The summed E-state index contributed by atoms with van der Waals surface area (Å²) in [6, 6.07) is 10.1. The molecule has 2 nitrogen and oxygen atoms in total. The molecule has 1 N–H and O–H groups in total. The fraction of sp³-hybridized carbons (Fsp3) is 0.250. The van der Waals surface area contributed by atoms with Crippen LogP contribution in [-0.4, -0.2) is 6.54 Å². The van der Waals surface area contributed by atoms with E-state index in [-0.39, 0.29) is 10.8 Å². The Morgan fingerprint density at radius 2 is 1.81 bits per heavy atom. The molecule has 0 heterocycles. The van der Waals surface area contributed by atoms with Gasteiger partial charge in [-0.1, -0.05) is 48.3 Å². The predicted molar refractivity (Wildman–Crippen MR) is 84.9 cm³/mol. The molecule has 0 unspecified atom stereocenters. The first-order valence-electron chi connectivity index (χ1n) is 6.73. The Labute approximate surface area is 133 Å². The Balaban J connectivity index is 2.28. The van der Waals surface area contributed by atoms with Crippen molar-refractivity contribution in [2.45, 2.75) is 19.9 Å². The van der Waals surface area contributed by atoms with Gasteiger partial charge in [-0.2, -0.15) is 0 Å². The molecule has 2 aromatic rings. The highest BCUT2D eigenvalue weighted by Gasteiger charge is 2.13. The average Bonchev–Trinajstić information content (AvgIpc) is 2.47. The molecule has 0 aliphatic heterocycles. The van der Waals surface area contributed by atoms with Crippen LogP contribution in [0.25, 0.3) is 0 Å². The zero-order valence-corrected chi connectivity index (χ0v) is 13.1. The van der Waals surface area contributed by atoms with Crippen molar-refractivity contribution in [3.63, 3.8) is 0 Å². The van der Waals surface area contributed by atoms with E-state index < -0.39 is 5.82 Å². The van der Waals surface area contributed by atoms with Gasteiger partial charge in [-0.15, -0.1) is 0 Å². The second-order valence-corrected chi connectivity index (χ2v) is 5.37. The molecule has 5 heteroatoms. The Hall–Kier alpha value is -1.29. The summed E-state index contributed by atoms with van der Waals surface area (Å²) < 4.78 is 19.6. The van der Waals surface area contributed by atoms with Crippen LogP contribution in [0.5, 0.6) is 11.5 Å². The van der Waals surface area contributed by atoms with Gasteiger partial charge in [-0.25, -0.2) is 4.39 Å². The van der Waals surface area contributed by atoms with Crippen LogP contribution in [0.4, 0.5) is 4.39 Å². The van der Waals surface area contributed by atoms with Crippen molar-refractivity contribution >= 4 is 23.2 Å². The fourth-order valence-corrected chi connectivity index (χ4v) is 2.28. The molecule has 0 aromatic heterocycles. The summed E-state index contributed by atoms with van der Waals surface area (Å²) in [7, 11) is 0. The average molecular weight is 328 g/mol. The Bertz CT molecular complexity index is 619. The molecule has 0 fully saturated rings. The Kier molecular flexibility index (Phi) is 5.85. The topological polar surface area (TPSA) is 21.3 Å². The number of para-hydroxylation sites is 1. The molecule has 0 spiro atoms. The van der Waals surface area contributed by atoms with Crippen LogP contribution in [0, 0.1) is 5.82 Å². The normalized spacial score (nSPS) is 10.7. The molecule has 21 heavy (non-hydrogen) atoms. The Morgan fingerprint density at radius 3 is 2.57 bits per heavy atom. The van der Waals surface area contributed by atoms with Gasteiger partial charge in [0.25, 0.3) is 0 Å². The monoisotopic (exact) mass is 327 g/mol. The van der Waals surface area contributed by atoms with E-state index in [1.807, 2.05) is 12.1 Å². The minimum Gasteiger partial charge on any atom is -0.452 e. The van der Waals surface area contributed by atoms with E-state index in [9.17, 15) is 4.39 Å². The third kappa shape index (κ3) is 4.10. The molecule has 0 saturated heterocycles. The molecule has 0 aliphatic carbocycles. The van der Waals surface area contributed by atoms with Gasteiger partial charge in [0, 0.05) is 12.1 Å². The highest BCUT2D eigenvalue weighted by molar-refractivity contribution is 6.32. The molecule has 0 aliphatic rings. The third-order valence-corrected chi connectivity index (χ3v) is 3.51. The summed E-state index contributed by atoms with van der Waals surface area (Å²) in [6.07, 6.45) is 1.03. The van der Waals surface area contributed by atoms with Gasteiger partial charge in [-0.3, -0.25) is 0 Å². The van der Waals surface area contributed by atoms with Gasteiger partial charge in [0.05, 0.1) is 10.0 Å². The molecular formula is C16H16Cl2FNO. The number of benzene rings is 2. The lowest BCUT2D eigenvalue weighted by molar-refractivity contribution is 0.436. The molecule has 2 rings (SSSR count). The molecule has 0 radical (unpaired) electrons. The summed E-state index contributed by atoms with van der Waals surface area (Å²) in [6.45, 7) is 3.58. The zero-order valence-electron chi connectivity index (χ0n) is 11.6. The quantitative estimate of drug-likeness (QED) is 0.715. The van der Waals surface area contributed by atoms with Crippen molar-refractivity contribution in [2.75, 3.05) is 6.54 Å². The van der Waals surface area contributed by atoms with Crippen LogP contribution in [-0.2, 0) is 6.54 Å². The summed E-state index contributed by atoms with van der Waals surface area (Å²) >= 11 is 11.9. The molecule has 2 aromatic carbocycles. The number of halogens is 3. The smallest absolute Gasteiger partial charge is 0.184 e. The lowest BCUT2D eigenvalue weighted by Gasteiger charge is -2.14. The standard InChI is InChI=1S/C16H16Cl2FNO/c1-2-9-20-10-11-5-3-7-13(18)16(11)21-14-8-4-6-12(17)15(14)19/h3-8,20H,2,9-10H2,1H3. The van der Waals surface area contributed by atoms with Crippen molar-refractivity contribution in [3.05, 3.63) is 57.8 Å². The maximum Gasteiger partial charge on any atom is 0.184 e. The largest absolute Gasteiger partial charge is 0.452 e. The fourth-order valence-electron chi connectivity index (χ4n) is 1.88. The van der Waals surface area contributed by atoms with E-state index in [1.165, 1.54) is 12.1 Å². The summed E-state index contributed by atoms with van der Waals surface area (Å²) in [5, 5.41) is 3.73. The van der Waals surface area contributed by atoms with Gasteiger partial charge >= 0.3 is 0 Å². The molecule has 0 saturated carbocycles. The van der Waals surface area contributed by atoms with Crippen LogP contribution < -0.4 is 10.1 Å². The first-order valence-corrected chi connectivity index (χ1v) is 7.49. The molecule has 112 valence electrons. The summed E-state index contributed by atoms with van der Waals surface area (Å²) in [4.78, 5) is 0. The first-order chi connectivity index (χ1) is 10.1. The van der Waals surface area contributed by atoms with Crippen molar-refractivity contribution in [2.24, 2.45) is 0 Å². The van der Waals surface area contributed by atoms with Crippen LogP contribution in [0.15, 0.2) is 36.4 Å². The summed E-state index contributed by atoms with van der Waals surface area (Å²) in [5.74, 6) is -0.0807. The number of ether oxygens (including phenoxy) is 1. The van der Waals surface area contributed by atoms with Gasteiger partial charge in [0.15, 0.2) is 17.3 Å². The van der Waals surface area contributed by atoms with E-state index in [2.05, 4.69) is 12.2 Å². The van der Waals surface area contributed by atoms with E-state index in [4.69, 9.17) is 27.9 Å². The predicted octanol–water partition coefficient (Wildman–Crippen LogP) is 5.42. The lowest BCUT2D eigenvalue weighted by atomic mass is 10.2. The van der Waals surface area contributed by atoms with Crippen molar-refractivity contribution in [1.29, 1.82) is 0 Å². The number of rotatable bonds is 6. The maximum atomic E-state index is 13.9. The SMILES string of the molecule is CCCNCc1cccc(Cl)c1Oc1cccc(Cl)c1F. The minimum atomic E-state index is -0.591. The molecular weight excluding hydrogens is 312 g/mol. The van der Waals surface area contributed by atoms with Crippen molar-refractivity contribution in [3.8, 4) is 11.5 Å². The number of hydrogen-bond acceptors (Lipinski definition) is 2. The van der Waals surface area contributed by atoms with Crippen LogP contribution in [0.3, 0.4) is 0 Å². The van der Waals surface area contributed by atoms with Crippen LogP contribution >= 0.6 is 23.2 Å².